The van der Waals surface area contributed by atoms with Crippen molar-refractivity contribution in [3.63, 3.8) is 0 Å². The van der Waals surface area contributed by atoms with Crippen molar-refractivity contribution in [1.29, 1.82) is 5.26 Å². The second kappa shape index (κ2) is 7.74. The van der Waals surface area contributed by atoms with Crippen molar-refractivity contribution in [3.8, 4) is 6.07 Å². The third-order valence-corrected chi connectivity index (χ3v) is 2.60. The maximum absolute atomic E-state index is 11.7. The number of nitrogens with one attached hydrogen (secondary N) is 2. The Labute approximate surface area is 118 Å². The number of carbonyl (C=O) groups excluding carboxylic acids is 2. The molecular formula is C15H17N3O2. The molecule has 104 valence electrons. The molecule has 1 rings (SSSR count). The Kier molecular flexibility index (Phi) is 5.98. The van der Waals surface area contributed by atoms with Crippen LogP contribution in [0.2, 0.25) is 0 Å². The molecule has 2 amide bonds. The average molecular weight is 271 g/mol. The van der Waals surface area contributed by atoms with E-state index in [9.17, 15) is 9.59 Å². The summed E-state index contributed by atoms with van der Waals surface area (Å²) in [6.07, 6.45) is 2.87. The molecule has 0 saturated carbocycles. The van der Waals surface area contributed by atoms with Crippen molar-refractivity contribution >= 4 is 17.9 Å². The molecule has 0 heterocycles. The van der Waals surface area contributed by atoms with Crippen LogP contribution in [0.4, 0.5) is 0 Å². The average Bonchev–Trinajstić information content (AvgIpc) is 2.45. The van der Waals surface area contributed by atoms with Gasteiger partial charge >= 0.3 is 0 Å². The molecular weight excluding hydrogens is 254 g/mol. The van der Waals surface area contributed by atoms with E-state index >= 15 is 0 Å². The smallest absolute Gasteiger partial charge is 0.244 e. The Hall–Kier alpha value is -2.61. The minimum absolute atomic E-state index is 0.230. The van der Waals surface area contributed by atoms with Crippen LogP contribution in [0.25, 0.3) is 6.08 Å². The lowest BCUT2D eigenvalue weighted by Crippen LogP contribution is -2.44. The van der Waals surface area contributed by atoms with Gasteiger partial charge in [0.05, 0.1) is 11.6 Å². The predicted octanol–water partition coefficient (Wildman–Crippen LogP) is 1.21. The van der Waals surface area contributed by atoms with Crippen LogP contribution in [-0.2, 0) is 9.59 Å². The minimum atomic E-state index is -0.599. The Morgan fingerprint density at radius 1 is 1.40 bits per heavy atom. The Morgan fingerprint density at radius 2 is 2.10 bits per heavy atom. The summed E-state index contributed by atoms with van der Waals surface area (Å²) in [7, 11) is 0. The van der Waals surface area contributed by atoms with E-state index in [0.717, 1.165) is 0 Å². The highest BCUT2D eigenvalue weighted by Gasteiger charge is 2.12. The fourth-order valence-electron chi connectivity index (χ4n) is 1.56. The van der Waals surface area contributed by atoms with Gasteiger partial charge in [0.25, 0.3) is 0 Å². The van der Waals surface area contributed by atoms with Gasteiger partial charge in [0.15, 0.2) is 0 Å². The molecule has 5 heteroatoms. The largest absolute Gasteiger partial charge is 0.355 e. The normalized spacial score (nSPS) is 11.7. The van der Waals surface area contributed by atoms with E-state index < -0.39 is 6.04 Å². The van der Waals surface area contributed by atoms with Crippen molar-refractivity contribution < 1.29 is 9.59 Å². The fourth-order valence-corrected chi connectivity index (χ4v) is 1.56. The molecule has 0 aliphatic rings. The summed E-state index contributed by atoms with van der Waals surface area (Å²) in [5.41, 5.74) is 1.16. The first-order chi connectivity index (χ1) is 9.58. The molecule has 1 aromatic carbocycles. The van der Waals surface area contributed by atoms with Crippen LogP contribution in [-0.4, -0.2) is 24.4 Å². The van der Waals surface area contributed by atoms with Gasteiger partial charge in [0.1, 0.15) is 6.04 Å². The van der Waals surface area contributed by atoms with Crippen LogP contribution in [0.3, 0.4) is 0 Å². The van der Waals surface area contributed by atoms with Gasteiger partial charge in [-0.3, -0.25) is 9.59 Å². The van der Waals surface area contributed by atoms with E-state index in [0.29, 0.717) is 17.7 Å². The fraction of sp³-hybridized carbons (Fsp3) is 0.267. The molecule has 2 N–H and O–H groups in total. The Bertz CT molecular complexity index is 558. The summed E-state index contributed by atoms with van der Waals surface area (Å²) < 4.78 is 0. The summed E-state index contributed by atoms with van der Waals surface area (Å²) in [4.78, 5) is 23.1. The maximum Gasteiger partial charge on any atom is 0.244 e. The van der Waals surface area contributed by atoms with Gasteiger partial charge in [-0.05, 0) is 31.6 Å². The molecule has 0 bridgehead atoms. The molecule has 0 aromatic heterocycles. The van der Waals surface area contributed by atoms with Crippen LogP contribution >= 0.6 is 0 Å². The highest BCUT2D eigenvalue weighted by Crippen LogP contribution is 2.08. The number of likely N-dealkylation sites (N-methyl/N-ethyl adjacent to an activating group) is 1. The molecule has 0 fully saturated rings. The van der Waals surface area contributed by atoms with E-state index in [4.69, 9.17) is 5.26 Å². The first-order valence-corrected chi connectivity index (χ1v) is 6.34. The van der Waals surface area contributed by atoms with E-state index in [1.54, 1.807) is 37.3 Å². The van der Waals surface area contributed by atoms with Gasteiger partial charge in [-0.25, -0.2) is 0 Å². The molecule has 0 aliphatic carbocycles. The molecule has 1 atom stereocenters. The van der Waals surface area contributed by atoms with E-state index in [1.807, 2.05) is 13.0 Å². The topological polar surface area (TPSA) is 82.0 Å². The third-order valence-electron chi connectivity index (χ3n) is 2.60. The van der Waals surface area contributed by atoms with E-state index in [1.165, 1.54) is 6.08 Å². The number of nitriles is 1. The molecule has 1 unspecified atom stereocenters. The lowest BCUT2D eigenvalue weighted by molar-refractivity contribution is -0.126. The zero-order valence-electron chi connectivity index (χ0n) is 11.5. The van der Waals surface area contributed by atoms with Crippen LogP contribution in [0.15, 0.2) is 30.3 Å². The summed E-state index contributed by atoms with van der Waals surface area (Å²) >= 11 is 0. The molecule has 0 saturated heterocycles. The van der Waals surface area contributed by atoms with Gasteiger partial charge in [-0.2, -0.15) is 5.26 Å². The first kappa shape index (κ1) is 15.4. The number of hydrogen-bond donors (Lipinski definition) is 2. The van der Waals surface area contributed by atoms with Crippen LogP contribution in [0.1, 0.15) is 25.0 Å². The lowest BCUT2D eigenvalue weighted by atomic mass is 10.1. The van der Waals surface area contributed by atoms with Gasteiger partial charge in [-0.1, -0.05) is 18.2 Å². The highest BCUT2D eigenvalue weighted by atomic mass is 16.2. The van der Waals surface area contributed by atoms with E-state index in [-0.39, 0.29) is 11.8 Å². The Balaban J connectivity index is 2.65. The van der Waals surface area contributed by atoms with E-state index in [2.05, 4.69) is 10.6 Å². The molecule has 0 radical (unpaired) electrons. The molecule has 20 heavy (non-hydrogen) atoms. The number of nitrogens with zero attached hydrogens (tertiary/aromatic N) is 1. The summed E-state index contributed by atoms with van der Waals surface area (Å²) in [5, 5.41) is 14.1. The molecule has 0 spiro atoms. The standard InChI is InChI=1S/C15H17N3O2/c1-3-17-15(20)11(2)18-14(19)9-8-12-6-4-5-7-13(12)10-16/h4-9,11H,3H2,1-2H3,(H,17,20)(H,18,19)/b9-8+. The maximum atomic E-state index is 11.7. The zero-order valence-corrected chi connectivity index (χ0v) is 11.5. The minimum Gasteiger partial charge on any atom is -0.355 e. The third kappa shape index (κ3) is 4.58. The number of amides is 2. The van der Waals surface area contributed by atoms with Crippen molar-refractivity contribution in [2.45, 2.75) is 19.9 Å². The van der Waals surface area contributed by atoms with Crippen molar-refractivity contribution in [2.75, 3.05) is 6.54 Å². The second-order valence-corrected chi connectivity index (χ2v) is 4.16. The number of rotatable bonds is 5. The molecule has 1 aromatic rings. The number of carbonyl (C=O) groups is 2. The monoisotopic (exact) mass is 271 g/mol. The van der Waals surface area contributed by atoms with Crippen molar-refractivity contribution in [3.05, 3.63) is 41.5 Å². The first-order valence-electron chi connectivity index (χ1n) is 6.34. The predicted molar refractivity (Wildman–Crippen MR) is 76.5 cm³/mol. The second-order valence-electron chi connectivity index (χ2n) is 4.16. The quantitative estimate of drug-likeness (QED) is 0.790. The van der Waals surface area contributed by atoms with Crippen LogP contribution in [0, 0.1) is 11.3 Å². The van der Waals surface area contributed by atoms with Crippen LogP contribution < -0.4 is 10.6 Å². The number of hydrogen-bond acceptors (Lipinski definition) is 3. The highest BCUT2D eigenvalue weighted by molar-refractivity contribution is 5.95. The van der Waals surface area contributed by atoms with Gasteiger partial charge in [0.2, 0.25) is 11.8 Å². The van der Waals surface area contributed by atoms with Gasteiger partial charge in [0, 0.05) is 12.6 Å². The zero-order chi connectivity index (χ0) is 15.0. The van der Waals surface area contributed by atoms with Crippen molar-refractivity contribution in [2.24, 2.45) is 0 Å². The van der Waals surface area contributed by atoms with Gasteiger partial charge in [-0.15, -0.1) is 0 Å². The summed E-state index contributed by atoms with van der Waals surface area (Å²) in [6, 6.07) is 8.41. The number of benzene rings is 1. The summed E-state index contributed by atoms with van der Waals surface area (Å²) in [5.74, 6) is -0.608. The Morgan fingerprint density at radius 3 is 2.75 bits per heavy atom. The van der Waals surface area contributed by atoms with Gasteiger partial charge < -0.3 is 10.6 Å². The van der Waals surface area contributed by atoms with Crippen molar-refractivity contribution in [1.82, 2.24) is 10.6 Å². The lowest BCUT2D eigenvalue weighted by Gasteiger charge is -2.11. The molecule has 0 aliphatic heterocycles. The SMILES string of the molecule is CCNC(=O)C(C)NC(=O)/C=C/c1ccccc1C#N. The van der Waals surface area contributed by atoms with Crippen LogP contribution in [0.5, 0.6) is 0 Å². The molecule has 5 nitrogen and oxygen atoms in total. The summed E-state index contributed by atoms with van der Waals surface area (Å²) in [6.45, 7) is 3.94.